The molecule has 1 saturated heterocycles. The maximum absolute atomic E-state index is 12.9. The number of anilines is 4. The molecular weight excluding hydrogens is 482 g/mol. The number of aliphatic hydroxyl groups excluding tert-OH is 1. The molecule has 4 rings (SSSR count). The van der Waals surface area contributed by atoms with Gasteiger partial charge in [0.15, 0.2) is 5.82 Å². The molecule has 9 nitrogen and oxygen atoms in total. The van der Waals surface area contributed by atoms with Crippen LogP contribution in [0.2, 0.25) is 0 Å². The summed E-state index contributed by atoms with van der Waals surface area (Å²) in [4.78, 5) is 23.4. The standard InChI is InChI=1S/C23H19ClF2N6O3/c24-23(25,26)35-18-5-3-16(4-6-18)30-22(34)15-10-19(31-20-14(11-27)2-1-8-28-20)21(29-12-15)32-9-7-17(33)13-32/h1-6,8,10,12,17,33H,7,9,13H2,(H,28,31)(H,30,34). The third-order valence-corrected chi connectivity index (χ3v) is 5.20. The summed E-state index contributed by atoms with van der Waals surface area (Å²) < 4.78 is 29.8. The average molecular weight is 501 g/mol. The average Bonchev–Trinajstić information content (AvgIpc) is 3.25. The Balaban J connectivity index is 1.58. The number of nitriles is 1. The van der Waals surface area contributed by atoms with Gasteiger partial charge in [-0.25, -0.2) is 9.97 Å². The lowest BCUT2D eigenvalue weighted by Crippen LogP contribution is -2.24. The lowest BCUT2D eigenvalue weighted by Gasteiger charge is -2.21. The third kappa shape index (κ3) is 6.11. The van der Waals surface area contributed by atoms with Crippen LogP contribution in [0.5, 0.6) is 5.75 Å². The lowest BCUT2D eigenvalue weighted by atomic mass is 10.2. The zero-order chi connectivity index (χ0) is 25.0. The van der Waals surface area contributed by atoms with Gasteiger partial charge in [0.1, 0.15) is 17.6 Å². The normalized spacial score (nSPS) is 15.4. The summed E-state index contributed by atoms with van der Waals surface area (Å²) in [5, 5.41) is 25.1. The number of alkyl halides is 3. The molecule has 3 heterocycles. The van der Waals surface area contributed by atoms with Crippen molar-refractivity contribution in [2.75, 3.05) is 28.6 Å². The number of β-amino-alcohol motifs (C(OH)–C–C–N with tert-alkyl or cyclic N) is 1. The second-order valence-corrected chi connectivity index (χ2v) is 8.09. The Labute approximate surface area is 203 Å². The summed E-state index contributed by atoms with van der Waals surface area (Å²) >= 11 is 4.75. The number of carbonyl (C=O) groups is 1. The Bertz CT molecular complexity index is 1260. The predicted molar refractivity (Wildman–Crippen MR) is 125 cm³/mol. The first-order valence-electron chi connectivity index (χ1n) is 10.4. The number of hydrogen-bond donors (Lipinski definition) is 3. The highest BCUT2D eigenvalue weighted by molar-refractivity contribution is 6.20. The van der Waals surface area contributed by atoms with Crippen LogP contribution >= 0.6 is 11.6 Å². The van der Waals surface area contributed by atoms with E-state index in [0.717, 1.165) is 0 Å². The Morgan fingerprint density at radius 3 is 2.71 bits per heavy atom. The molecule has 0 saturated carbocycles. The van der Waals surface area contributed by atoms with Gasteiger partial charge in [0.05, 0.1) is 22.9 Å². The van der Waals surface area contributed by atoms with Crippen molar-refractivity contribution in [3.8, 4) is 11.8 Å². The first kappa shape index (κ1) is 24.1. The molecule has 1 aromatic carbocycles. The second-order valence-electron chi connectivity index (χ2n) is 7.65. The highest BCUT2D eigenvalue weighted by Crippen LogP contribution is 2.31. The molecule has 0 aliphatic carbocycles. The number of aromatic nitrogens is 2. The van der Waals surface area contributed by atoms with Crippen LogP contribution < -0.4 is 20.3 Å². The highest BCUT2D eigenvalue weighted by Gasteiger charge is 2.27. The maximum Gasteiger partial charge on any atom is 0.487 e. The highest BCUT2D eigenvalue weighted by atomic mass is 35.5. The third-order valence-electron chi connectivity index (χ3n) is 5.12. The van der Waals surface area contributed by atoms with Crippen molar-refractivity contribution in [3.63, 3.8) is 0 Å². The molecule has 0 spiro atoms. The topological polar surface area (TPSA) is 123 Å². The van der Waals surface area contributed by atoms with E-state index in [1.165, 1.54) is 36.7 Å². The van der Waals surface area contributed by atoms with Gasteiger partial charge in [-0.05, 0) is 48.9 Å². The van der Waals surface area contributed by atoms with E-state index in [0.29, 0.717) is 48.1 Å². The molecule has 1 unspecified atom stereocenters. The van der Waals surface area contributed by atoms with Crippen LogP contribution in [0.1, 0.15) is 22.3 Å². The molecule has 2 aromatic heterocycles. The SMILES string of the molecule is N#Cc1cccnc1Nc1cc(C(=O)Nc2ccc(OC(F)(F)Cl)cc2)cnc1N1CCC(O)C1. The zero-order valence-corrected chi connectivity index (χ0v) is 18.8. The molecule has 0 radical (unpaired) electrons. The van der Waals surface area contributed by atoms with E-state index < -0.39 is 17.6 Å². The molecule has 1 atom stereocenters. The van der Waals surface area contributed by atoms with Crippen molar-refractivity contribution in [3.05, 3.63) is 66.0 Å². The van der Waals surface area contributed by atoms with Gasteiger partial charge in [0.25, 0.3) is 5.91 Å². The molecule has 12 heteroatoms. The van der Waals surface area contributed by atoms with Crippen LogP contribution in [-0.2, 0) is 0 Å². The van der Waals surface area contributed by atoms with Crippen LogP contribution in [0.4, 0.5) is 31.8 Å². The van der Waals surface area contributed by atoms with Gasteiger partial charge >= 0.3 is 5.57 Å². The van der Waals surface area contributed by atoms with E-state index in [1.807, 2.05) is 4.90 Å². The van der Waals surface area contributed by atoms with Crippen LogP contribution in [0, 0.1) is 11.3 Å². The maximum atomic E-state index is 12.9. The molecule has 3 aromatic rings. The fourth-order valence-corrected chi connectivity index (χ4v) is 3.61. The molecule has 35 heavy (non-hydrogen) atoms. The molecule has 180 valence electrons. The zero-order valence-electron chi connectivity index (χ0n) is 18.1. The van der Waals surface area contributed by atoms with E-state index in [2.05, 4.69) is 31.4 Å². The minimum absolute atomic E-state index is 0.169. The number of nitrogens with zero attached hydrogens (tertiary/aromatic N) is 4. The number of benzene rings is 1. The first-order chi connectivity index (χ1) is 16.7. The molecule has 1 amide bonds. The van der Waals surface area contributed by atoms with Crippen molar-refractivity contribution in [2.24, 2.45) is 0 Å². The van der Waals surface area contributed by atoms with Crippen molar-refractivity contribution in [1.29, 1.82) is 5.26 Å². The van der Waals surface area contributed by atoms with Crippen LogP contribution in [0.3, 0.4) is 0 Å². The number of ether oxygens (including phenoxy) is 1. The quantitative estimate of drug-likeness (QED) is 0.415. The molecular formula is C23H19ClF2N6O3. The molecule has 3 N–H and O–H groups in total. The van der Waals surface area contributed by atoms with Crippen molar-refractivity contribution >= 4 is 40.5 Å². The summed E-state index contributed by atoms with van der Waals surface area (Å²) in [6, 6.07) is 12.1. The molecule has 1 aliphatic rings. The van der Waals surface area contributed by atoms with E-state index in [-0.39, 0.29) is 11.3 Å². The van der Waals surface area contributed by atoms with Crippen LogP contribution in [0.15, 0.2) is 54.9 Å². The van der Waals surface area contributed by atoms with E-state index in [4.69, 9.17) is 11.6 Å². The number of halogens is 3. The summed E-state index contributed by atoms with van der Waals surface area (Å²) in [7, 11) is 0. The van der Waals surface area contributed by atoms with Gasteiger partial charge in [-0.3, -0.25) is 4.79 Å². The number of amides is 1. The molecule has 1 aliphatic heterocycles. The number of aliphatic hydroxyl groups is 1. The summed E-state index contributed by atoms with van der Waals surface area (Å²) in [6.07, 6.45) is 2.99. The van der Waals surface area contributed by atoms with Gasteiger partial charge in [-0.15, -0.1) is 8.78 Å². The van der Waals surface area contributed by atoms with E-state index in [1.54, 1.807) is 18.2 Å². The summed E-state index contributed by atoms with van der Waals surface area (Å²) in [5.41, 5.74) is -2.59. The second kappa shape index (κ2) is 10.1. The van der Waals surface area contributed by atoms with Crippen molar-refractivity contribution < 1.29 is 23.4 Å². The number of hydrogen-bond acceptors (Lipinski definition) is 8. The number of carbonyl (C=O) groups excluding carboxylic acids is 1. The van der Waals surface area contributed by atoms with E-state index >= 15 is 0 Å². The fraction of sp³-hybridized carbons (Fsp3) is 0.217. The summed E-state index contributed by atoms with van der Waals surface area (Å²) in [6.45, 7) is 0.938. The minimum atomic E-state index is -3.84. The predicted octanol–water partition coefficient (Wildman–Crippen LogP) is 4.08. The van der Waals surface area contributed by atoms with Gasteiger partial charge in [0.2, 0.25) is 0 Å². The number of pyridine rings is 2. The Kier molecular flexibility index (Phi) is 6.95. The Hall–Kier alpha value is -4.01. The molecule has 0 bridgehead atoms. The van der Waals surface area contributed by atoms with Gasteiger partial charge in [-0.1, -0.05) is 0 Å². The van der Waals surface area contributed by atoms with Crippen LogP contribution in [0.25, 0.3) is 0 Å². The van der Waals surface area contributed by atoms with Crippen molar-refractivity contribution in [1.82, 2.24) is 9.97 Å². The number of nitrogens with one attached hydrogen (secondary N) is 2. The largest absolute Gasteiger partial charge is 0.487 e. The van der Waals surface area contributed by atoms with Gasteiger partial charge < -0.3 is 25.4 Å². The Morgan fingerprint density at radius 1 is 1.29 bits per heavy atom. The van der Waals surface area contributed by atoms with E-state index in [9.17, 15) is 23.9 Å². The Morgan fingerprint density at radius 2 is 2.06 bits per heavy atom. The van der Waals surface area contributed by atoms with Crippen molar-refractivity contribution in [2.45, 2.75) is 18.1 Å². The molecule has 1 fully saturated rings. The van der Waals surface area contributed by atoms with Gasteiger partial charge in [-0.2, -0.15) is 5.26 Å². The summed E-state index contributed by atoms with van der Waals surface area (Å²) in [5.74, 6) is 0.113. The smallest absolute Gasteiger partial charge is 0.420 e. The minimum Gasteiger partial charge on any atom is -0.420 e. The lowest BCUT2D eigenvalue weighted by molar-refractivity contribution is -0.0964. The monoisotopic (exact) mass is 500 g/mol. The number of rotatable bonds is 7. The fourth-order valence-electron chi connectivity index (χ4n) is 3.53. The van der Waals surface area contributed by atoms with Crippen LogP contribution in [-0.4, -0.2) is 45.7 Å². The first-order valence-corrected chi connectivity index (χ1v) is 10.8. The van der Waals surface area contributed by atoms with Gasteiger partial charge in [0, 0.05) is 42.8 Å².